The number of hydrogen-bond donors (Lipinski definition) is 2. The molecule has 0 aromatic carbocycles. The summed E-state index contributed by atoms with van der Waals surface area (Å²) in [6.45, 7) is 4.65. The average Bonchev–Trinajstić information content (AvgIpc) is 2.43. The van der Waals surface area contributed by atoms with Crippen molar-refractivity contribution in [2.75, 3.05) is 72.2 Å². The molecule has 0 aromatic heterocycles. The molecule has 1 rings (SSSR count). The molecule has 0 radical (unpaired) electrons. The number of rotatable bonds is 0. The highest BCUT2D eigenvalue weighted by Crippen LogP contribution is 2.11. The van der Waals surface area contributed by atoms with Gasteiger partial charge in [0, 0.05) is 59.1 Å². The van der Waals surface area contributed by atoms with Crippen molar-refractivity contribution in [1.29, 1.82) is 0 Å². The third-order valence-electron chi connectivity index (χ3n) is 2.67. The molecule has 6 heteroatoms. The van der Waals surface area contributed by atoms with E-state index in [2.05, 4.69) is 57.7 Å². The van der Waals surface area contributed by atoms with Crippen molar-refractivity contribution in [3.05, 3.63) is 0 Å². The van der Waals surface area contributed by atoms with Crippen LogP contribution in [0.2, 0.25) is 0 Å². The Balaban J connectivity index is 2.01. The summed E-state index contributed by atoms with van der Waals surface area (Å²) >= 11 is 8.42. The second-order valence-electron chi connectivity index (χ2n) is 4.30. The van der Waals surface area contributed by atoms with Crippen LogP contribution >= 0.6 is 47.0 Å². The molecule has 0 aromatic rings. The van der Waals surface area contributed by atoms with Gasteiger partial charge in [0.15, 0.2) is 0 Å². The first-order chi connectivity index (χ1) is 9.50. The number of nitrogens with one attached hydrogen (secondary N) is 2. The molecule has 1 heterocycles. The number of hydrogen-bond acceptors (Lipinski definition) is 6. The molecule has 0 amide bonds. The Labute approximate surface area is 136 Å². The van der Waals surface area contributed by atoms with E-state index < -0.39 is 0 Å². The lowest BCUT2D eigenvalue weighted by atomic mass is 10.4. The Morgan fingerprint density at radius 3 is 1.21 bits per heavy atom. The molecule has 0 spiro atoms. The van der Waals surface area contributed by atoms with Gasteiger partial charge in [-0.1, -0.05) is 0 Å². The van der Waals surface area contributed by atoms with Crippen LogP contribution < -0.4 is 10.6 Å². The third kappa shape index (κ3) is 14.0. The molecular weight excluding hydrogens is 312 g/mol. The van der Waals surface area contributed by atoms with Gasteiger partial charge in [-0.15, -0.1) is 0 Å². The van der Waals surface area contributed by atoms with Gasteiger partial charge in [0.05, 0.1) is 0 Å². The summed E-state index contributed by atoms with van der Waals surface area (Å²) in [5, 5.41) is 7.05. The minimum atomic E-state index is 1.16. The normalized spacial score (nSPS) is 24.0. The fourth-order valence-electron chi connectivity index (χ4n) is 1.64. The quantitative estimate of drug-likeness (QED) is 0.703. The van der Waals surface area contributed by atoms with E-state index in [1.807, 2.05) is 0 Å². The van der Waals surface area contributed by atoms with Gasteiger partial charge in [0.1, 0.15) is 0 Å². The van der Waals surface area contributed by atoms with Gasteiger partial charge >= 0.3 is 0 Å². The maximum absolute atomic E-state index is 3.52. The van der Waals surface area contributed by atoms with Crippen molar-refractivity contribution in [1.82, 2.24) is 10.6 Å². The maximum atomic E-state index is 3.52. The predicted octanol–water partition coefficient (Wildman–Crippen LogP) is 2.50. The Bertz CT molecular complexity index is 103. The molecule has 0 unspecified atom stereocenters. The lowest BCUT2D eigenvalue weighted by Gasteiger charge is -2.06. The second kappa shape index (κ2) is 15.7. The van der Waals surface area contributed by atoms with Crippen LogP contribution in [0.15, 0.2) is 0 Å². The van der Waals surface area contributed by atoms with Crippen molar-refractivity contribution < 1.29 is 0 Å². The molecule has 19 heavy (non-hydrogen) atoms. The minimum Gasteiger partial charge on any atom is -0.316 e. The predicted molar refractivity (Wildman–Crippen MR) is 99.7 cm³/mol. The summed E-state index contributed by atoms with van der Waals surface area (Å²) in [4.78, 5) is 0. The first-order valence-electron chi connectivity index (χ1n) is 7.22. The Morgan fingerprint density at radius 1 is 0.421 bits per heavy atom. The van der Waals surface area contributed by atoms with E-state index in [4.69, 9.17) is 0 Å². The molecule has 1 aliphatic rings. The summed E-state index contributed by atoms with van der Waals surface area (Å²) in [6, 6.07) is 0. The van der Waals surface area contributed by atoms with Gasteiger partial charge in [-0.05, 0) is 19.5 Å². The van der Waals surface area contributed by atoms with Gasteiger partial charge in [-0.2, -0.15) is 47.0 Å². The van der Waals surface area contributed by atoms with Crippen LogP contribution in [0.25, 0.3) is 0 Å². The lowest BCUT2D eigenvalue weighted by molar-refractivity contribution is 0.623. The van der Waals surface area contributed by atoms with Gasteiger partial charge in [0.25, 0.3) is 0 Å². The molecular formula is C13H28N2S4. The van der Waals surface area contributed by atoms with Crippen LogP contribution in [-0.4, -0.2) is 72.2 Å². The molecule has 0 atom stereocenters. The second-order valence-corrected chi connectivity index (χ2v) is 9.20. The van der Waals surface area contributed by atoms with Crippen molar-refractivity contribution >= 4 is 47.0 Å². The maximum Gasteiger partial charge on any atom is 0.00583 e. The zero-order valence-electron chi connectivity index (χ0n) is 11.8. The van der Waals surface area contributed by atoms with Crippen LogP contribution in [0.3, 0.4) is 0 Å². The van der Waals surface area contributed by atoms with E-state index in [1.54, 1.807) is 0 Å². The number of thioether (sulfide) groups is 4. The van der Waals surface area contributed by atoms with Gasteiger partial charge in [-0.25, -0.2) is 0 Å². The summed E-state index contributed by atoms with van der Waals surface area (Å²) in [6.07, 6.45) is 1.25. The van der Waals surface area contributed by atoms with E-state index in [0.717, 1.165) is 13.1 Å². The topological polar surface area (TPSA) is 24.1 Å². The first kappa shape index (κ1) is 18.4. The minimum absolute atomic E-state index is 1.16. The van der Waals surface area contributed by atoms with Gasteiger partial charge in [0.2, 0.25) is 0 Å². The first-order valence-corrected chi connectivity index (χ1v) is 11.8. The van der Waals surface area contributed by atoms with Crippen molar-refractivity contribution in [3.8, 4) is 0 Å². The molecule has 0 aliphatic carbocycles. The smallest absolute Gasteiger partial charge is 0.00583 e. The van der Waals surface area contributed by atoms with E-state index in [9.17, 15) is 0 Å². The Morgan fingerprint density at radius 2 is 0.789 bits per heavy atom. The van der Waals surface area contributed by atoms with Crippen LogP contribution in [0.4, 0.5) is 0 Å². The van der Waals surface area contributed by atoms with E-state index in [0.29, 0.717) is 0 Å². The summed E-state index contributed by atoms with van der Waals surface area (Å²) in [5.41, 5.74) is 0. The molecule has 2 N–H and O–H groups in total. The zero-order valence-corrected chi connectivity index (χ0v) is 15.1. The molecule has 114 valence electrons. The van der Waals surface area contributed by atoms with E-state index in [1.165, 1.54) is 65.5 Å². The van der Waals surface area contributed by atoms with Crippen LogP contribution in [-0.2, 0) is 0 Å². The summed E-state index contributed by atoms with van der Waals surface area (Å²) in [7, 11) is 0. The molecule has 1 saturated heterocycles. The van der Waals surface area contributed by atoms with Crippen LogP contribution in [0, 0.1) is 0 Å². The largest absolute Gasteiger partial charge is 0.316 e. The Kier molecular flexibility index (Phi) is 15.2. The van der Waals surface area contributed by atoms with E-state index in [-0.39, 0.29) is 0 Å². The molecule has 2 nitrogen and oxygen atoms in total. The fourth-order valence-corrected chi connectivity index (χ4v) is 5.86. The average molecular weight is 341 g/mol. The van der Waals surface area contributed by atoms with Gasteiger partial charge in [-0.3, -0.25) is 0 Å². The monoisotopic (exact) mass is 340 g/mol. The van der Waals surface area contributed by atoms with E-state index >= 15 is 0 Å². The molecule has 0 bridgehead atoms. The summed E-state index contributed by atoms with van der Waals surface area (Å²) < 4.78 is 0. The summed E-state index contributed by atoms with van der Waals surface area (Å²) in [5.74, 6) is 10.5. The van der Waals surface area contributed by atoms with Crippen molar-refractivity contribution in [2.24, 2.45) is 0 Å². The third-order valence-corrected chi connectivity index (χ3v) is 7.39. The highest BCUT2D eigenvalue weighted by atomic mass is 32.2. The zero-order chi connectivity index (χ0) is 13.4. The van der Waals surface area contributed by atoms with Gasteiger partial charge < -0.3 is 10.6 Å². The molecule has 1 fully saturated rings. The molecule has 0 saturated carbocycles. The Hall–Kier alpha value is 1.32. The van der Waals surface area contributed by atoms with Crippen LogP contribution in [0.5, 0.6) is 0 Å². The SMILES string of the molecule is C1CNCCSCCSCCSCCSCCNC1. The highest BCUT2D eigenvalue weighted by Gasteiger charge is 1.95. The fraction of sp³-hybridized carbons (Fsp3) is 1.00. The van der Waals surface area contributed by atoms with Crippen LogP contribution in [0.1, 0.15) is 6.42 Å². The molecule has 1 aliphatic heterocycles. The van der Waals surface area contributed by atoms with Crippen molar-refractivity contribution in [3.63, 3.8) is 0 Å². The highest BCUT2D eigenvalue weighted by molar-refractivity contribution is 8.05. The van der Waals surface area contributed by atoms with Crippen molar-refractivity contribution in [2.45, 2.75) is 6.42 Å². The lowest BCUT2D eigenvalue weighted by Crippen LogP contribution is -2.25. The standard InChI is InChI=1S/C13H28N2S4/c1-2-14-4-6-16-8-10-18-12-13-19-11-9-17-7-5-15-3-1/h14-15H,1-13H2.